The van der Waals surface area contributed by atoms with E-state index in [-0.39, 0.29) is 5.91 Å². The average Bonchev–Trinajstić information content (AvgIpc) is 3.23. The van der Waals surface area contributed by atoms with Crippen molar-refractivity contribution >= 4 is 17.6 Å². The smallest absolute Gasteiger partial charge is 0.254 e. The van der Waals surface area contributed by atoms with Crippen LogP contribution in [0.1, 0.15) is 73.1 Å². The van der Waals surface area contributed by atoms with Gasteiger partial charge >= 0.3 is 0 Å². The van der Waals surface area contributed by atoms with Gasteiger partial charge in [-0.25, -0.2) is 4.99 Å². The number of nitrogens with zero attached hydrogens (tertiary/aromatic N) is 3. The van der Waals surface area contributed by atoms with Gasteiger partial charge in [0.15, 0.2) is 5.96 Å². The number of nitrogens with one attached hydrogen (secondary N) is 2. The van der Waals surface area contributed by atoms with Gasteiger partial charge in [0.2, 0.25) is 0 Å². The number of aryl methyl sites for hydroxylation is 2. The molecule has 5 atom stereocenters. The number of carbonyl (C=O) groups is 1. The number of fused-ring (bicyclic) bond motifs is 3. The number of hydrogen-bond acceptors (Lipinski definition) is 3. The van der Waals surface area contributed by atoms with E-state index in [2.05, 4.69) is 93.5 Å². The average molecular weight is 542 g/mol. The minimum Gasteiger partial charge on any atom is -0.340 e. The first-order valence-electron chi connectivity index (χ1n) is 15.4. The molecule has 2 heterocycles. The van der Waals surface area contributed by atoms with Gasteiger partial charge in [-0.15, -0.1) is 0 Å². The molecule has 2 aromatic carbocycles. The van der Waals surface area contributed by atoms with Crippen LogP contribution in [0.15, 0.2) is 41.4 Å². The second-order valence-electron chi connectivity index (χ2n) is 13.7. The van der Waals surface area contributed by atoms with Gasteiger partial charge in [-0.3, -0.25) is 4.79 Å². The number of piperazine rings is 1. The molecule has 0 aromatic heterocycles. The summed E-state index contributed by atoms with van der Waals surface area (Å²) in [7, 11) is 0. The van der Waals surface area contributed by atoms with Crippen LogP contribution in [0.25, 0.3) is 0 Å². The maximum atomic E-state index is 13.5. The largest absolute Gasteiger partial charge is 0.340 e. The lowest BCUT2D eigenvalue weighted by molar-refractivity contribution is -0.108. The number of aliphatic imine (C=N–C) groups is 1. The van der Waals surface area contributed by atoms with E-state index in [0.29, 0.717) is 30.0 Å². The third-order valence-electron chi connectivity index (χ3n) is 10.7. The number of guanidine groups is 1. The lowest BCUT2D eigenvalue weighted by atomic mass is 9.45. The Balaban J connectivity index is 1.19. The molecule has 2 N–H and O–H groups in total. The Morgan fingerprint density at radius 2 is 1.95 bits per heavy atom. The van der Waals surface area contributed by atoms with Gasteiger partial charge < -0.3 is 20.4 Å². The Labute approximate surface area is 240 Å². The summed E-state index contributed by atoms with van der Waals surface area (Å²) in [5.41, 5.74) is 7.26. The molecule has 6 nitrogen and oxygen atoms in total. The summed E-state index contributed by atoms with van der Waals surface area (Å²) in [6, 6.07) is 13.7. The van der Waals surface area contributed by atoms with Crippen molar-refractivity contribution in [3.05, 3.63) is 64.2 Å². The molecule has 4 fully saturated rings. The van der Waals surface area contributed by atoms with Crippen molar-refractivity contribution in [2.75, 3.05) is 31.5 Å². The van der Waals surface area contributed by atoms with Gasteiger partial charge in [0, 0.05) is 50.0 Å². The second kappa shape index (κ2) is 10.5. The zero-order valence-corrected chi connectivity index (χ0v) is 25.3. The Bertz CT molecular complexity index is 1320. The second-order valence-corrected chi connectivity index (χ2v) is 13.7. The highest BCUT2D eigenvalue weighted by Gasteiger charge is 2.56. The molecule has 2 bridgehead atoms. The molecule has 6 heteroatoms. The highest BCUT2D eigenvalue weighted by molar-refractivity contribution is 6.01. The van der Waals surface area contributed by atoms with Crippen LogP contribution in [0.3, 0.4) is 0 Å². The molecular formula is C34H47N5O. The third kappa shape index (κ3) is 5.04. The van der Waals surface area contributed by atoms with Crippen LogP contribution in [0.2, 0.25) is 0 Å². The van der Waals surface area contributed by atoms with Crippen molar-refractivity contribution in [1.82, 2.24) is 15.1 Å². The van der Waals surface area contributed by atoms with Crippen molar-refractivity contribution in [1.29, 1.82) is 0 Å². The first kappa shape index (κ1) is 27.3. The summed E-state index contributed by atoms with van der Waals surface area (Å²) in [5.74, 6) is 3.24. The fourth-order valence-electron chi connectivity index (χ4n) is 7.90. The van der Waals surface area contributed by atoms with E-state index >= 15 is 0 Å². The Hall–Kier alpha value is -2.86. The molecule has 2 aromatic rings. The van der Waals surface area contributed by atoms with Gasteiger partial charge in [0.05, 0.1) is 6.04 Å². The van der Waals surface area contributed by atoms with Crippen LogP contribution in [-0.2, 0) is 13.0 Å². The predicted molar refractivity (Wildman–Crippen MR) is 164 cm³/mol. The molecule has 5 aliphatic rings. The molecule has 7 rings (SSSR count). The molecule has 214 valence electrons. The molecule has 0 unspecified atom stereocenters. The van der Waals surface area contributed by atoms with Crippen molar-refractivity contribution in [3.8, 4) is 0 Å². The van der Waals surface area contributed by atoms with E-state index in [1.807, 2.05) is 4.90 Å². The lowest BCUT2D eigenvalue weighted by Crippen LogP contribution is -2.57. The SMILES string of the molecule is Cc1ccc(CCN2Cc3ccc(N/C(=N/[C@H]4C[C@H]5C[C@@H]([C@@H]4C)C5(C)C)N4CCN[C@@H](C)C4)cc3C2=O)c(C)c1. The highest BCUT2D eigenvalue weighted by atomic mass is 16.2. The molecule has 3 saturated carbocycles. The quantitative estimate of drug-likeness (QED) is 0.380. The summed E-state index contributed by atoms with van der Waals surface area (Å²) in [6.45, 7) is 18.1. The standard InChI is InChI=1S/C34H47N5O/c1-21-7-8-25(22(2)15-21)11-13-38-20-26-9-10-28(18-29(26)32(38)40)36-33(39-14-12-35-23(3)19-39)37-31-17-27-16-30(24(31)4)34(27,5)6/h7-10,15,18,23-24,27,30-31,35H,11-14,16-17,19-20H2,1-6H3,(H,36,37)/t23-,24-,27+,30-,31-/m0/s1. The summed E-state index contributed by atoms with van der Waals surface area (Å²) >= 11 is 0. The van der Waals surface area contributed by atoms with E-state index in [9.17, 15) is 4.79 Å². The minimum atomic E-state index is 0.140. The molecule has 2 aliphatic heterocycles. The van der Waals surface area contributed by atoms with Gasteiger partial charge in [-0.05, 0) is 92.0 Å². The number of rotatable bonds is 5. The van der Waals surface area contributed by atoms with E-state index < -0.39 is 0 Å². The molecule has 1 amide bonds. The summed E-state index contributed by atoms with van der Waals surface area (Å²) < 4.78 is 0. The first-order valence-corrected chi connectivity index (χ1v) is 15.4. The van der Waals surface area contributed by atoms with Crippen LogP contribution >= 0.6 is 0 Å². The molecule has 3 aliphatic carbocycles. The molecule has 0 radical (unpaired) electrons. The topological polar surface area (TPSA) is 60.0 Å². The number of amides is 1. The van der Waals surface area contributed by atoms with Crippen molar-refractivity contribution in [2.45, 2.75) is 79.4 Å². The summed E-state index contributed by atoms with van der Waals surface area (Å²) in [6.07, 6.45) is 3.42. The van der Waals surface area contributed by atoms with E-state index in [0.717, 1.165) is 67.2 Å². The fraction of sp³-hybridized carbons (Fsp3) is 0.588. The zero-order chi connectivity index (χ0) is 28.2. The van der Waals surface area contributed by atoms with Gasteiger partial charge in [-0.1, -0.05) is 50.6 Å². The van der Waals surface area contributed by atoms with Crippen LogP contribution in [-0.4, -0.2) is 59.9 Å². The number of benzene rings is 2. The third-order valence-corrected chi connectivity index (χ3v) is 10.7. The van der Waals surface area contributed by atoms with Gasteiger partial charge in [-0.2, -0.15) is 0 Å². The fourth-order valence-corrected chi connectivity index (χ4v) is 7.90. The highest BCUT2D eigenvalue weighted by Crippen LogP contribution is 2.61. The summed E-state index contributed by atoms with van der Waals surface area (Å²) in [5, 5.41) is 7.27. The van der Waals surface area contributed by atoms with Crippen molar-refractivity contribution < 1.29 is 4.79 Å². The van der Waals surface area contributed by atoms with Gasteiger partial charge in [0.25, 0.3) is 5.91 Å². The minimum absolute atomic E-state index is 0.140. The summed E-state index contributed by atoms with van der Waals surface area (Å²) in [4.78, 5) is 23.3. The Kier molecular flexibility index (Phi) is 7.18. The Morgan fingerprint density at radius 1 is 1.12 bits per heavy atom. The number of carbonyl (C=O) groups excluding carboxylic acids is 1. The Morgan fingerprint density at radius 3 is 2.67 bits per heavy atom. The van der Waals surface area contributed by atoms with E-state index in [1.54, 1.807) is 0 Å². The molecule has 40 heavy (non-hydrogen) atoms. The normalized spacial score (nSPS) is 29.3. The molecule has 1 saturated heterocycles. The van der Waals surface area contributed by atoms with Crippen LogP contribution in [0.5, 0.6) is 0 Å². The first-order chi connectivity index (χ1) is 19.1. The van der Waals surface area contributed by atoms with Crippen LogP contribution in [0.4, 0.5) is 5.69 Å². The lowest BCUT2D eigenvalue weighted by Gasteiger charge is -2.61. The van der Waals surface area contributed by atoms with E-state index in [1.165, 1.54) is 29.5 Å². The maximum absolute atomic E-state index is 13.5. The van der Waals surface area contributed by atoms with E-state index in [4.69, 9.17) is 4.99 Å². The van der Waals surface area contributed by atoms with Crippen molar-refractivity contribution in [3.63, 3.8) is 0 Å². The molecular weight excluding hydrogens is 494 g/mol. The zero-order valence-electron chi connectivity index (χ0n) is 25.3. The van der Waals surface area contributed by atoms with Gasteiger partial charge in [0.1, 0.15) is 0 Å². The number of hydrogen-bond donors (Lipinski definition) is 2. The number of anilines is 1. The predicted octanol–water partition coefficient (Wildman–Crippen LogP) is 5.63. The molecule has 0 spiro atoms. The monoisotopic (exact) mass is 541 g/mol. The van der Waals surface area contributed by atoms with Crippen LogP contribution < -0.4 is 10.6 Å². The van der Waals surface area contributed by atoms with Crippen LogP contribution in [0, 0.1) is 37.0 Å². The van der Waals surface area contributed by atoms with Crippen molar-refractivity contribution in [2.24, 2.45) is 28.2 Å². The maximum Gasteiger partial charge on any atom is 0.254 e.